The van der Waals surface area contributed by atoms with Gasteiger partial charge >= 0.3 is 0 Å². The molecule has 8 nitrogen and oxygen atoms in total. The van der Waals surface area contributed by atoms with Gasteiger partial charge < -0.3 is 15.1 Å². The molecule has 1 saturated heterocycles. The van der Waals surface area contributed by atoms with Crippen molar-refractivity contribution in [2.75, 3.05) is 38.5 Å². The van der Waals surface area contributed by atoms with Crippen molar-refractivity contribution in [2.24, 2.45) is 0 Å². The standard InChI is InChI=1S/C20H20N6O2/c1-25-10-12-26(13-11-25)20(28)14-2-4-15(5-3-14)24-19(27)16-6-7-22-18-17(16)21-8-9-23-18/h2-9H,10-13H2,1H3,(H,24,27). The summed E-state index contributed by atoms with van der Waals surface area (Å²) in [6.45, 7) is 3.21. The Hall–Kier alpha value is -3.39. The van der Waals surface area contributed by atoms with E-state index in [4.69, 9.17) is 0 Å². The number of hydrogen-bond acceptors (Lipinski definition) is 6. The van der Waals surface area contributed by atoms with E-state index in [1.807, 2.05) is 4.90 Å². The van der Waals surface area contributed by atoms with Crippen LogP contribution in [0, 0.1) is 0 Å². The maximum absolute atomic E-state index is 12.6. The fourth-order valence-corrected chi connectivity index (χ4v) is 3.15. The van der Waals surface area contributed by atoms with Crippen LogP contribution in [0.1, 0.15) is 20.7 Å². The van der Waals surface area contributed by atoms with E-state index in [-0.39, 0.29) is 11.8 Å². The molecular formula is C20H20N6O2. The molecule has 28 heavy (non-hydrogen) atoms. The Bertz CT molecular complexity index is 1010. The van der Waals surface area contributed by atoms with Crippen molar-refractivity contribution in [3.63, 3.8) is 0 Å². The first kappa shape index (κ1) is 18.0. The van der Waals surface area contributed by atoms with Crippen LogP contribution in [0.25, 0.3) is 11.2 Å². The number of pyridine rings is 1. The molecule has 2 amide bonds. The van der Waals surface area contributed by atoms with Gasteiger partial charge in [0.25, 0.3) is 11.8 Å². The molecule has 0 radical (unpaired) electrons. The SMILES string of the molecule is CN1CCN(C(=O)c2ccc(NC(=O)c3ccnc4nccnc34)cc2)CC1. The zero-order valence-electron chi connectivity index (χ0n) is 15.5. The van der Waals surface area contributed by atoms with E-state index >= 15 is 0 Å². The highest BCUT2D eigenvalue weighted by Gasteiger charge is 2.20. The molecular weight excluding hydrogens is 356 g/mol. The minimum absolute atomic E-state index is 0.0152. The number of amides is 2. The van der Waals surface area contributed by atoms with Crippen LogP contribution in [0.15, 0.2) is 48.9 Å². The predicted octanol–water partition coefficient (Wildman–Crippen LogP) is 1.66. The van der Waals surface area contributed by atoms with Crippen molar-refractivity contribution >= 4 is 28.7 Å². The highest BCUT2D eigenvalue weighted by molar-refractivity contribution is 6.10. The fraction of sp³-hybridized carbons (Fsp3) is 0.250. The summed E-state index contributed by atoms with van der Waals surface area (Å²) in [5, 5.41) is 2.84. The Kier molecular flexibility index (Phi) is 4.94. The number of likely N-dealkylation sites (N-methyl/N-ethyl adjacent to an activating group) is 1. The van der Waals surface area contributed by atoms with E-state index in [0.29, 0.717) is 28.0 Å². The summed E-state index contributed by atoms with van der Waals surface area (Å²) in [4.78, 5) is 41.7. The van der Waals surface area contributed by atoms with Gasteiger partial charge in [-0.3, -0.25) is 14.6 Å². The first-order chi connectivity index (χ1) is 13.6. The molecule has 0 atom stereocenters. The number of carbonyl (C=O) groups is 2. The lowest BCUT2D eigenvalue weighted by molar-refractivity contribution is 0.0664. The Morgan fingerprint density at radius 2 is 1.57 bits per heavy atom. The Morgan fingerprint density at radius 3 is 2.32 bits per heavy atom. The van der Waals surface area contributed by atoms with Gasteiger partial charge in [-0.2, -0.15) is 0 Å². The van der Waals surface area contributed by atoms with Gasteiger partial charge in [0.1, 0.15) is 5.52 Å². The molecule has 1 fully saturated rings. The molecule has 0 aliphatic carbocycles. The second-order valence-electron chi connectivity index (χ2n) is 6.71. The summed E-state index contributed by atoms with van der Waals surface area (Å²) in [6, 6.07) is 8.55. The lowest BCUT2D eigenvalue weighted by atomic mass is 10.1. The summed E-state index contributed by atoms with van der Waals surface area (Å²) < 4.78 is 0. The summed E-state index contributed by atoms with van der Waals surface area (Å²) in [5.41, 5.74) is 2.49. The largest absolute Gasteiger partial charge is 0.336 e. The predicted molar refractivity (Wildman–Crippen MR) is 105 cm³/mol. The van der Waals surface area contributed by atoms with Crippen molar-refractivity contribution in [3.05, 3.63) is 60.0 Å². The molecule has 3 aromatic rings. The Balaban J connectivity index is 1.47. The van der Waals surface area contributed by atoms with Crippen molar-refractivity contribution in [1.29, 1.82) is 0 Å². The molecule has 0 saturated carbocycles. The molecule has 1 N–H and O–H groups in total. The Labute approximate surface area is 162 Å². The monoisotopic (exact) mass is 376 g/mol. The summed E-state index contributed by atoms with van der Waals surface area (Å²) >= 11 is 0. The molecule has 0 spiro atoms. The van der Waals surface area contributed by atoms with E-state index in [9.17, 15) is 9.59 Å². The maximum atomic E-state index is 12.6. The average molecular weight is 376 g/mol. The van der Waals surface area contributed by atoms with Gasteiger partial charge in [0.15, 0.2) is 5.65 Å². The zero-order valence-corrected chi connectivity index (χ0v) is 15.5. The minimum Gasteiger partial charge on any atom is -0.336 e. The van der Waals surface area contributed by atoms with E-state index in [1.165, 1.54) is 18.6 Å². The number of piperazine rings is 1. The molecule has 0 unspecified atom stereocenters. The second-order valence-corrected chi connectivity index (χ2v) is 6.71. The van der Waals surface area contributed by atoms with Crippen LogP contribution < -0.4 is 5.32 Å². The summed E-state index contributed by atoms with van der Waals surface area (Å²) in [6.07, 6.45) is 4.59. The fourth-order valence-electron chi connectivity index (χ4n) is 3.15. The lowest BCUT2D eigenvalue weighted by Gasteiger charge is -2.32. The number of nitrogens with one attached hydrogen (secondary N) is 1. The van der Waals surface area contributed by atoms with Crippen LogP contribution in [-0.2, 0) is 0 Å². The number of fused-ring (bicyclic) bond motifs is 1. The van der Waals surface area contributed by atoms with E-state index in [0.717, 1.165) is 26.2 Å². The number of benzene rings is 1. The molecule has 1 aromatic carbocycles. The van der Waals surface area contributed by atoms with Gasteiger partial charge in [0.2, 0.25) is 0 Å². The smallest absolute Gasteiger partial charge is 0.258 e. The summed E-state index contributed by atoms with van der Waals surface area (Å²) in [7, 11) is 2.05. The highest BCUT2D eigenvalue weighted by Crippen LogP contribution is 2.16. The number of nitrogens with zero attached hydrogens (tertiary/aromatic N) is 5. The van der Waals surface area contributed by atoms with Crippen molar-refractivity contribution in [3.8, 4) is 0 Å². The van der Waals surface area contributed by atoms with E-state index in [2.05, 4.69) is 32.2 Å². The normalized spacial score (nSPS) is 14.8. The van der Waals surface area contributed by atoms with Gasteiger partial charge in [-0.05, 0) is 37.4 Å². The number of anilines is 1. The van der Waals surface area contributed by atoms with Crippen molar-refractivity contribution < 1.29 is 9.59 Å². The molecule has 1 aliphatic rings. The van der Waals surface area contributed by atoms with Gasteiger partial charge in [-0.25, -0.2) is 9.97 Å². The topological polar surface area (TPSA) is 91.3 Å². The summed E-state index contributed by atoms with van der Waals surface area (Å²) in [5.74, 6) is -0.285. The van der Waals surface area contributed by atoms with Crippen LogP contribution in [0.5, 0.6) is 0 Å². The van der Waals surface area contributed by atoms with Crippen molar-refractivity contribution in [2.45, 2.75) is 0 Å². The quantitative estimate of drug-likeness (QED) is 0.748. The molecule has 8 heteroatoms. The van der Waals surface area contributed by atoms with Crippen LogP contribution in [0.2, 0.25) is 0 Å². The van der Waals surface area contributed by atoms with Gasteiger partial charge in [-0.15, -0.1) is 0 Å². The highest BCUT2D eigenvalue weighted by atomic mass is 16.2. The van der Waals surface area contributed by atoms with Gasteiger partial charge in [-0.1, -0.05) is 0 Å². The molecule has 3 heterocycles. The third-order valence-electron chi connectivity index (χ3n) is 4.80. The number of hydrogen-bond donors (Lipinski definition) is 1. The van der Waals surface area contributed by atoms with E-state index in [1.54, 1.807) is 30.3 Å². The molecule has 4 rings (SSSR count). The third kappa shape index (κ3) is 3.67. The van der Waals surface area contributed by atoms with Gasteiger partial charge in [0, 0.05) is 56.0 Å². The first-order valence-corrected chi connectivity index (χ1v) is 9.07. The number of rotatable bonds is 3. The molecule has 1 aliphatic heterocycles. The lowest BCUT2D eigenvalue weighted by Crippen LogP contribution is -2.47. The van der Waals surface area contributed by atoms with Crippen LogP contribution in [-0.4, -0.2) is 69.8 Å². The molecule has 142 valence electrons. The van der Waals surface area contributed by atoms with Gasteiger partial charge in [0.05, 0.1) is 5.56 Å². The first-order valence-electron chi connectivity index (χ1n) is 9.07. The van der Waals surface area contributed by atoms with Crippen LogP contribution in [0.3, 0.4) is 0 Å². The maximum Gasteiger partial charge on any atom is 0.258 e. The number of carbonyl (C=O) groups excluding carboxylic acids is 2. The van der Waals surface area contributed by atoms with Crippen molar-refractivity contribution in [1.82, 2.24) is 24.8 Å². The minimum atomic E-state index is -0.300. The van der Waals surface area contributed by atoms with E-state index < -0.39 is 0 Å². The zero-order chi connectivity index (χ0) is 19.5. The number of aromatic nitrogens is 3. The Morgan fingerprint density at radius 1 is 0.893 bits per heavy atom. The second kappa shape index (κ2) is 7.69. The molecule has 0 bridgehead atoms. The molecule has 2 aromatic heterocycles. The average Bonchev–Trinajstić information content (AvgIpc) is 2.74. The van der Waals surface area contributed by atoms with Crippen LogP contribution >= 0.6 is 0 Å². The van der Waals surface area contributed by atoms with Crippen LogP contribution in [0.4, 0.5) is 5.69 Å². The third-order valence-corrected chi connectivity index (χ3v) is 4.80.